The molecule has 6 rings (SSSR count). The Bertz CT molecular complexity index is 1750. The van der Waals surface area contributed by atoms with Crippen LogP contribution in [0.1, 0.15) is 22.5 Å². The zero-order valence-electron chi connectivity index (χ0n) is 21.2. The van der Waals surface area contributed by atoms with Crippen LogP contribution in [0, 0.1) is 11.8 Å². The monoisotopic (exact) mass is 568 g/mol. The minimum Gasteiger partial charge on any atom is -0.305 e. The number of hydrogen-bond donors (Lipinski definition) is 1. The van der Waals surface area contributed by atoms with Crippen molar-refractivity contribution in [2.75, 3.05) is 18.4 Å². The van der Waals surface area contributed by atoms with Crippen molar-refractivity contribution in [3.63, 3.8) is 0 Å². The third-order valence-electron chi connectivity index (χ3n) is 6.69. The maximum atomic E-state index is 13.7. The normalized spacial score (nSPS) is 13.9. The SMILES string of the molecule is O=C(Nc1cn2nc(-c3c(-c4ccc(F)cc4)nn4c3CN(CCC(F)(F)F)CC4)ccc2n1)c1ccnc(F)c1. The molecule has 1 aliphatic rings. The highest BCUT2D eigenvalue weighted by molar-refractivity contribution is 6.03. The number of carbonyl (C=O) groups excluding carboxylic acids is 1. The van der Waals surface area contributed by atoms with Crippen molar-refractivity contribution in [3.05, 3.63) is 83.9 Å². The average Bonchev–Trinajstić information content (AvgIpc) is 3.52. The second-order valence-electron chi connectivity index (χ2n) is 9.51. The number of nitrogens with one attached hydrogen (secondary N) is 1. The van der Waals surface area contributed by atoms with Crippen LogP contribution >= 0.6 is 0 Å². The van der Waals surface area contributed by atoms with Crippen LogP contribution in [0.25, 0.3) is 28.2 Å². The first kappa shape index (κ1) is 26.5. The average molecular weight is 569 g/mol. The molecule has 210 valence electrons. The molecule has 0 saturated heterocycles. The number of carbonyl (C=O) groups is 1. The zero-order chi connectivity index (χ0) is 28.7. The molecule has 0 saturated carbocycles. The van der Waals surface area contributed by atoms with Gasteiger partial charge in [-0.25, -0.2) is 18.9 Å². The zero-order valence-corrected chi connectivity index (χ0v) is 21.2. The van der Waals surface area contributed by atoms with Gasteiger partial charge < -0.3 is 5.32 Å². The van der Waals surface area contributed by atoms with Crippen LogP contribution in [-0.2, 0) is 13.1 Å². The number of amides is 1. The fourth-order valence-electron chi connectivity index (χ4n) is 4.73. The predicted molar refractivity (Wildman–Crippen MR) is 138 cm³/mol. The van der Waals surface area contributed by atoms with E-state index in [4.69, 9.17) is 5.10 Å². The van der Waals surface area contributed by atoms with Crippen molar-refractivity contribution in [2.45, 2.75) is 25.7 Å². The largest absolute Gasteiger partial charge is 0.390 e. The summed E-state index contributed by atoms with van der Waals surface area (Å²) in [5, 5.41) is 12.0. The van der Waals surface area contributed by atoms with E-state index in [2.05, 4.69) is 20.4 Å². The maximum absolute atomic E-state index is 13.7. The number of fused-ring (bicyclic) bond motifs is 2. The molecule has 9 nitrogen and oxygen atoms in total. The minimum absolute atomic E-state index is 0.0636. The highest BCUT2D eigenvalue weighted by Crippen LogP contribution is 2.36. The van der Waals surface area contributed by atoms with Gasteiger partial charge in [-0.1, -0.05) is 0 Å². The van der Waals surface area contributed by atoms with Gasteiger partial charge in [0.05, 0.1) is 36.1 Å². The van der Waals surface area contributed by atoms with Gasteiger partial charge in [0.25, 0.3) is 5.91 Å². The minimum atomic E-state index is -4.27. The van der Waals surface area contributed by atoms with E-state index < -0.39 is 30.3 Å². The number of aromatic nitrogens is 6. The van der Waals surface area contributed by atoms with E-state index in [1.807, 2.05) is 0 Å². The van der Waals surface area contributed by atoms with Gasteiger partial charge >= 0.3 is 6.18 Å². The van der Waals surface area contributed by atoms with Gasteiger partial charge in [0, 0.05) is 43.0 Å². The smallest absolute Gasteiger partial charge is 0.305 e. The Morgan fingerprint density at radius 2 is 1.80 bits per heavy atom. The first-order valence-corrected chi connectivity index (χ1v) is 12.6. The Balaban J connectivity index is 1.36. The Hall–Kier alpha value is -4.72. The highest BCUT2D eigenvalue weighted by atomic mass is 19.4. The summed E-state index contributed by atoms with van der Waals surface area (Å²) >= 11 is 0. The fourth-order valence-corrected chi connectivity index (χ4v) is 4.73. The number of pyridine rings is 1. The molecule has 0 unspecified atom stereocenters. The molecule has 14 heteroatoms. The molecule has 0 atom stereocenters. The summed E-state index contributed by atoms with van der Waals surface area (Å²) in [6, 6.07) is 11.5. The van der Waals surface area contributed by atoms with Gasteiger partial charge in [-0.05, 0) is 42.5 Å². The number of anilines is 1. The number of hydrogen-bond acceptors (Lipinski definition) is 6. The lowest BCUT2D eigenvalue weighted by atomic mass is 10.0. The molecule has 1 aromatic carbocycles. The first-order valence-electron chi connectivity index (χ1n) is 12.6. The van der Waals surface area contributed by atoms with Crippen LogP contribution in [0.15, 0.2) is 60.9 Å². The van der Waals surface area contributed by atoms with Gasteiger partial charge in [-0.3, -0.25) is 14.4 Å². The molecule has 41 heavy (non-hydrogen) atoms. The van der Waals surface area contributed by atoms with Crippen molar-refractivity contribution in [1.82, 2.24) is 34.3 Å². The Labute approximate surface area is 229 Å². The van der Waals surface area contributed by atoms with Gasteiger partial charge in [-0.15, -0.1) is 0 Å². The fraction of sp³-hybridized carbons (Fsp3) is 0.222. The number of rotatable bonds is 6. The summed E-state index contributed by atoms with van der Waals surface area (Å²) < 4.78 is 69.0. The van der Waals surface area contributed by atoms with Gasteiger partial charge in [0.1, 0.15) is 11.5 Å². The molecule has 0 radical (unpaired) electrons. The van der Waals surface area contributed by atoms with E-state index in [0.717, 1.165) is 6.07 Å². The van der Waals surface area contributed by atoms with E-state index >= 15 is 0 Å². The standard InChI is InChI=1S/C27H21F5N8O/c28-18-3-1-16(2-4-18)25-24(20-14-38(10-8-27(30,31)32)11-12-39(20)37-25)19-5-6-23-34-22(15-40(23)36-19)35-26(41)17-7-9-33-21(29)13-17/h1-7,9,13,15H,8,10-12,14H2,(H,35,41). The number of nitrogens with zero attached hydrogens (tertiary/aromatic N) is 7. The summed E-state index contributed by atoms with van der Waals surface area (Å²) in [6.07, 6.45) is -2.54. The van der Waals surface area contributed by atoms with E-state index in [-0.39, 0.29) is 24.5 Å². The first-order chi connectivity index (χ1) is 19.6. The van der Waals surface area contributed by atoms with E-state index in [1.165, 1.54) is 35.1 Å². The van der Waals surface area contributed by atoms with Crippen LogP contribution in [0.4, 0.5) is 27.8 Å². The highest BCUT2D eigenvalue weighted by Gasteiger charge is 2.31. The molecule has 0 spiro atoms. The molecule has 5 heterocycles. The van der Waals surface area contributed by atoms with Crippen molar-refractivity contribution < 1.29 is 26.7 Å². The molecule has 1 N–H and O–H groups in total. The molecule has 0 aliphatic carbocycles. The van der Waals surface area contributed by atoms with Crippen molar-refractivity contribution in [2.24, 2.45) is 0 Å². The third-order valence-corrected chi connectivity index (χ3v) is 6.69. The summed E-state index contributed by atoms with van der Waals surface area (Å²) in [5.41, 5.74) is 3.34. The van der Waals surface area contributed by atoms with Crippen molar-refractivity contribution >= 4 is 17.4 Å². The third kappa shape index (κ3) is 5.63. The molecule has 4 aromatic heterocycles. The molecule has 5 aromatic rings. The molecule has 0 fully saturated rings. The molecule has 1 aliphatic heterocycles. The van der Waals surface area contributed by atoms with Crippen molar-refractivity contribution in [3.8, 4) is 22.5 Å². The van der Waals surface area contributed by atoms with Gasteiger partial charge in [-0.2, -0.15) is 27.8 Å². The molecular weight excluding hydrogens is 547 g/mol. The van der Waals surface area contributed by atoms with Crippen LogP contribution in [0.2, 0.25) is 0 Å². The van der Waals surface area contributed by atoms with Gasteiger partial charge in [0.2, 0.25) is 5.95 Å². The van der Waals surface area contributed by atoms with Crippen LogP contribution in [0.5, 0.6) is 0 Å². The summed E-state index contributed by atoms with van der Waals surface area (Å²) in [6.45, 7) is 0.831. The topological polar surface area (TPSA) is 93.2 Å². The lowest BCUT2D eigenvalue weighted by Crippen LogP contribution is -2.36. The quantitative estimate of drug-likeness (QED) is 0.230. The maximum Gasteiger partial charge on any atom is 0.390 e. The Kier molecular flexibility index (Phi) is 6.69. The number of halogens is 5. The lowest BCUT2D eigenvalue weighted by molar-refractivity contribution is -0.138. The summed E-state index contributed by atoms with van der Waals surface area (Å²) in [7, 11) is 0. The number of imidazole rings is 1. The van der Waals surface area contributed by atoms with E-state index in [0.29, 0.717) is 46.9 Å². The molecule has 1 amide bonds. The second-order valence-corrected chi connectivity index (χ2v) is 9.51. The van der Waals surface area contributed by atoms with Gasteiger partial charge in [0.15, 0.2) is 11.5 Å². The van der Waals surface area contributed by atoms with E-state index in [1.54, 1.807) is 33.8 Å². The summed E-state index contributed by atoms with van der Waals surface area (Å²) in [5.74, 6) is -1.62. The Morgan fingerprint density at radius 1 is 1.00 bits per heavy atom. The van der Waals surface area contributed by atoms with E-state index in [9.17, 15) is 26.7 Å². The summed E-state index contributed by atoms with van der Waals surface area (Å²) in [4.78, 5) is 22.0. The predicted octanol–water partition coefficient (Wildman–Crippen LogP) is 4.95. The van der Waals surface area contributed by atoms with Crippen molar-refractivity contribution in [1.29, 1.82) is 0 Å². The Morgan fingerprint density at radius 3 is 2.56 bits per heavy atom. The molecule has 0 bridgehead atoms. The van der Waals surface area contributed by atoms with Crippen LogP contribution in [-0.4, -0.2) is 59.4 Å². The van der Waals surface area contributed by atoms with Crippen LogP contribution < -0.4 is 5.32 Å². The number of alkyl halides is 3. The van der Waals surface area contributed by atoms with Crippen LogP contribution in [0.3, 0.4) is 0 Å². The second kappa shape index (κ2) is 10.4. The lowest BCUT2D eigenvalue weighted by Gasteiger charge is -2.28. The number of benzene rings is 1. The molecular formula is C27H21F5N8O.